The minimum absolute atomic E-state index is 0.592. The fourth-order valence-electron chi connectivity index (χ4n) is 6.44. The van der Waals surface area contributed by atoms with Crippen molar-refractivity contribution in [3.8, 4) is 0 Å². The zero-order valence-corrected chi connectivity index (χ0v) is 18.6. The lowest BCUT2D eigenvalue weighted by molar-refractivity contribution is -0.0261. The predicted octanol–water partition coefficient (Wildman–Crippen LogP) is 8.16. The fraction of sp³-hybridized carbons (Fsp3) is 1.00. The summed E-state index contributed by atoms with van der Waals surface area (Å²) >= 11 is 0. The Morgan fingerprint density at radius 3 is 1.78 bits per heavy atom. The summed E-state index contributed by atoms with van der Waals surface area (Å²) in [6.45, 7) is 5.75. The minimum Gasteiger partial charge on any atom is -0.378 e. The van der Waals surface area contributed by atoms with E-state index in [0.29, 0.717) is 6.10 Å². The van der Waals surface area contributed by atoms with Crippen LogP contribution in [-0.2, 0) is 4.74 Å². The molecule has 0 spiro atoms. The molecule has 3 fully saturated rings. The van der Waals surface area contributed by atoms with Gasteiger partial charge in [-0.2, -0.15) is 0 Å². The van der Waals surface area contributed by atoms with Gasteiger partial charge in [-0.3, -0.25) is 0 Å². The van der Waals surface area contributed by atoms with Crippen LogP contribution >= 0.6 is 0 Å². The first kappa shape index (κ1) is 21.7. The maximum atomic E-state index is 6.25. The van der Waals surface area contributed by atoms with E-state index in [4.69, 9.17) is 4.74 Å². The lowest BCUT2D eigenvalue weighted by Crippen LogP contribution is -2.28. The summed E-state index contributed by atoms with van der Waals surface area (Å²) < 4.78 is 6.25. The summed E-state index contributed by atoms with van der Waals surface area (Å²) in [4.78, 5) is 0. The predicted molar refractivity (Wildman–Crippen MR) is 117 cm³/mol. The van der Waals surface area contributed by atoms with Crippen LogP contribution in [-0.4, -0.2) is 12.7 Å². The van der Waals surface area contributed by atoms with Crippen molar-refractivity contribution in [3.63, 3.8) is 0 Å². The van der Waals surface area contributed by atoms with Crippen LogP contribution in [0.3, 0.4) is 0 Å². The highest BCUT2D eigenvalue weighted by Gasteiger charge is 2.31. The molecule has 0 bridgehead atoms. The average molecular weight is 377 g/mol. The van der Waals surface area contributed by atoms with Gasteiger partial charge in [0.2, 0.25) is 0 Å². The van der Waals surface area contributed by atoms with Crippen molar-refractivity contribution in [1.29, 1.82) is 0 Å². The minimum atomic E-state index is 0.592. The van der Waals surface area contributed by atoms with E-state index in [2.05, 4.69) is 13.8 Å². The smallest absolute Gasteiger partial charge is 0.0575 e. The number of unbranched alkanes of at least 4 members (excludes halogenated alkanes) is 2. The van der Waals surface area contributed by atoms with Gasteiger partial charge in [0, 0.05) is 6.61 Å². The highest BCUT2D eigenvalue weighted by atomic mass is 16.5. The van der Waals surface area contributed by atoms with E-state index in [0.717, 1.165) is 36.2 Å². The van der Waals surface area contributed by atoms with Crippen LogP contribution in [0.2, 0.25) is 0 Å². The largest absolute Gasteiger partial charge is 0.378 e. The molecule has 0 N–H and O–H groups in total. The maximum Gasteiger partial charge on any atom is 0.0575 e. The van der Waals surface area contributed by atoms with Crippen molar-refractivity contribution in [3.05, 3.63) is 0 Å². The summed E-state index contributed by atoms with van der Waals surface area (Å²) in [7, 11) is 0. The van der Waals surface area contributed by atoms with Crippen molar-refractivity contribution in [2.24, 2.45) is 29.6 Å². The average Bonchev–Trinajstić information content (AvgIpc) is 2.74. The summed E-state index contributed by atoms with van der Waals surface area (Å²) in [5, 5.41) is 0. The molecule has 0 aromatic carbocycles. The molecule has 0 radical (unpaired) electrons. The van der Waals surface area contributed by atoms with Crippen LogP contribution in [0.5, 0.6) is 0 Å². The standard InChI is InChI=1S/C26H48O/c1-3-5-6-7-23-13-19-26(27-20-23)18-12-22-10-16-25(17-11-22)24-14-8-21(4-2)9-15-24/h21-26H,3-20H2,1-2H3. The lowest BCUT2D eigenvalue weighted by Gasteiger charge is -2.38. The van der Waals surface area contributed by atoms with Crippen molar-refractivity contribution in [1.82, 2.24) is 0 Å². The van der Waals surface area contributed by atoms with Gasteiger partial charge in [0.05, 0.1) is 6.10 Å². The topological polar surface area (TPSA) is 9.23 Å². The van der Waals surface area contributed by atoms with Crippen LogP contribution < -0.4 is 0 Å². The zero-order valence-electron chi connectivity index (χ0n) is 18.6. The first-order valence-electron chi connectivity index (χ1n) is 12.9. The maximum absolute atomic E-state index is 6.25. The highest BCUT2D eigenvalue weighted by molar-refractivity contribution is 4.82. The van der Waals surface area contributed by atoms with Crippen molar-refractivity contribution < 1.29 is 4.74 Å². The second-order valence-corrected chi connectivity index (χ2v) is 10.4. The van der Waals surface area contributed by atoms with Gasteiger partial charge >= 0.3 is 0 Å². The van der Waals surface area contributed by atoms with Crippen LogP contribution in [0.4, 0.5) is 0 Å². The van der Waals surface area contributed by atoms with Gasteiger partial charge in [0.25, 0.3) is 0 Å². The molecule has 1 nitrogen and oxygen atoms in total. The second kappa shape index (κ2) is 11.8. The molecule has 0 aromatic heterocycles. The molecule has 0 amide bonds. The molecule has 2 saturated carbocycles. The van der Waals surface area contributed by atoms with Crippen LogP contribution in [0.15, 0.2) is 0 Å². The Morgan fingerprint density at radius 1 is 0.593 bits per heavy atom. The Bertz CT molecular complexity index is 368. The summed E-state index contributed by atoms with van der Waals surface area (Å²) in [5.74, 6) is 5.10. The van der Waals surface area contributed by atoms with Gasteiger partial charge in [0.1, 0.15) is 0 Å². The third-order valence-electron chi connectivity index (χ3n) is 8.60. The highest BCUT2D eigenvalue weighted by Crippen LogP contribution is 2.43. The summed E-state index contributed by atoms with van der Waals surface area (Å²) in [6.07, 6.45) is 25.4. The van der Waals surface area contributed by atoms with Gasteiger partial charge in [-0.15, -0.1) is 0 Å². The van der Waals surface area contributed by atoms with Gasteiger partial charge < -0.3 is 4.74 Å². The second-order valence-electron chi connectivity index (χ2n) is 10.4. The third kappa shape index (κ3) is 7.06. The SMILES string of the molecule is CCCCCC1CCC(CCC2CCC(C3CCC(CC)CC3)CC2)OC1. The Morgan fingerprint density at radius 2 is 1.22 bits per heavy atom. The third-order valence-corrected chi connectivity index (χ3v) is 8.60. The molecule has 1 heteroatoms. The lowest BCUT2D eigenvalue weighted by atomic mass is 9.68. The zero-order chi connectivity index (χ0) is 18.9. The first-order valence-corrected chi connectivity index (χ1v) is 12.9. The number of hydrogen-bond acceptors (Lipinski definition) is 1. The Labute approximate surface area is 170 Å². The molecule has 27 heavy (non-hydrogen) atoms. The van der Waals surface area contributed by atoms with Gasteiger partial charge in [0.15, 0.2) is 0 Å². The Hall–Kier alpha value is -0.0400. The van der Waals surface area contributed by atoms with Crippen LogP contribution in [0.1, 0.15) is 123 Å². The molecular weight excluding hydrogens is 328 g/mol. The van der Waals surface area contributed by atoms with E-state index in [9.17, 15) is 0 Å². The summed E-state index contributed by atoms with van der Waals surface area (Å²) in [6, 6.07) is 0. The fourth-order valence-corrected chi connectivity index (χ4v) is 6.44. The molecule has 1 saturated heterocycles. The van der Waals surface area contributed by atoms with E-state index >= 15 is 0 Å². The van der Waals surface area contributed by atoms with E-state index < -0.39 is 0 Å². The molecule has 1 heterocycles. The van der Waals surface area contributed by atoms with Gasteiger partial charge in [-0.05, 0) is 87.4 Å². The van der Waals surface area contributed by atoms with Gasteiger partial charge in [-0.25, -0.2) is 0 Å². The van der Waals surface area contributed by atoms with E-state index in [1.165, 1.54) is 96.3 Å². The Kier molecular flexibility index (Phi) is 9.50. The molecule has 2 unspecified atom stereocenters. The van der Waals surface area contributed by atoms with Crippen LogP contribution in [0.25, 0.3) is 0 Å². The number of rotatable bonds is 9. The molecule has 0 aromatic rings. The van der Waals surface area contributed by atoms with Crippen molar-refractivity contribution >= 4 is 0 Å². The molecule has 3 aliphatic rings. The first-order chi connectivity index (χ1) is 13.3. The van der Waals surface area contributed by atoms with Crippen molar-refractivity contribution in [2.75, 3.05) is 6.61 Å². The molecule has 2 atom stereocenters. The molecule has 1 aliphatic heterocycles. The normalized spacial score (nSPS) is 38.0. The molecule has 158 valence electrons. The van der Waals surface area contributed by atoms with E-state index in [1.807, 2.05) is 0 Å². The molecule has 3 rings (SSSR count). The number of hydrogen-bond donors (Lipinski definition) is 0. The number of ether oxygens (including phenoxy) is 1. The quantitative estimate of drug-likeness (QED) is 0.369. The molecular formula is C26H48O. The van der Waals surface area contributed by atoms with Crippen molar-refractivity contribution in [2.45, 2.75) is 129 Å². The monoisotopic (exact) mass is 376 g/mol. The van der Waals surface area contributed by atoms with Gasteiger partial charge in [-0.1, -0.05) is 65.2 Å². The van der Waals surface area contributed by atoms with E-state index in [1.54, 1.807) is 12.8 Å². The van der Waals surface area contributed by atoms with E-state index in [-0.39, 0.29) is 0 Å². The molecule has 2 aliphatic carbocycles. The summed E-state index contributed by atoms with van der Waals surface area (Å²) in [5.41, 5.74) is 0. The van der Waals surface area contributed by atoms with Crippen LogP contribution in [0, 0.1) is 29.6 Å². The Balaban J connectivity index is 1.25.